The lowest BCUT2D eigenvalue weighted by atomic mass is 9.86. The highest BCUT2D eigenvalue weighted by atomic mass is 32.2. The van der Waals surface area contributed by atoms with Crippen LogP contribution in [0.1, 0.15) is 19.4 Å². The Kier molecular flexibility index (Phi) is 7.77. The molecule has 1 saturated heterocycles. The van der Waals surface area contributed by atoms with Crippen LogP contribution >= 0.6 is 0 Å². The van der Waals surface area contributed by atoms with Gasteiger partial charge in [-0.3, -0.25) is 14.0 Å². The van der Waals surface area contributed by atoms with Crippen molar-refractivity contribution in [1.29, 1.82) is 0 Å². The van der Waals surface area contributed by atoms with Crippen LogP contribution < -0.4 is 13.8 Å². The van der Waals surface area contributed by atoms with Crippen LogP contribution in [0.15, 0.2) is 65.6 Å². The van der Waals surface area contributed by atoms with E-state index in [1.807, 2.05) is 0 Å². The number of carboxylic acids is 1. The van der Waals surface area contributed by atoms with Crippen LogP contribution in [0, 0.1) is 11.2 Å². The summed E-state index contributed by atoms with van der Waals surface area (Å²) in [4.78, 5) is 12.7. The molecule has 0 bridgehead atoms. The lowest BCUT2D eigenvalue weighted by molar-refractivity contribution is -0.152. The van der Waals surface area contributed by atoms with E-state index in [4.69, 9.17) is 4.74 Å². The van der Waals surface area contributed by atoms with Gasteiger partial charge < -0.3 is 14.6 Å². The van der Waals surface area contributed by atoms with Gasteiger partial charge >= 0.3 is 18.8 Å². The fourth-order valence-corrected chi connectivity index (χ4v) is 6.92. The minimum atomic E-state index is -4.82. The third kappa shape index (κ3) is 6.15. The minimum absolute atomic E-state index is 0.0492. The summed E-state index contributed by atoms with van der Waals surface area (Å²) in [6.45, 7) is -0.123. The van der Waals surface area contributed by atoms with E-state index in [1.54, 1.807) is 4.90 Å². The highest BCUT2D eigenvalue weighted by Crippen LogP contribution is 2.46. The van der Waals surface area contributed by atoms with E-state index in [1.165, 1.54) is 32.0 Å². The van der Waals surface area contributed by atoms with Crippen molar-refractivity contribution in [2.24, 2.45) is 5.41 Å². The van der Waals surface area contributed by atoms with Gasteiger partial charge in [0.05, 0.1) is 28.1 Å². The summed E-state index contributed by atoms with van der Waals surface area (Å²) in [5.74, 6) is -2.36. The first-order valence-corrected chi connectivity index (χ1v) is 14.6. The zero-order valence-electron chi connectivity index (χ0n) is 23.2. The topological polar surface area (TPSA) is 96.4 Å². The number of hydrogen-bond donors (Lipinski definition) is 1. The molecule has 3 aromatic rings. The number of fused-ring (bicyclic) bond motifs is 1. The first-order chi connectivity index (χ1) is 20.4. The van der Waals surface area contributed by atoms with Gasteiger partial charge in [0.1, 0.15) is 17.3 Å². The fourth-order valence-electron chi connectivity index (χ4n) is 5.34. The average Bonchev–Trinajstić information content (AvgIpc) is 2.90. The third-order valence-electron chi connectivity index (χ3n) is 7.39. The molecule has 0 aliphatic carbocycles. The first kappa shape index (κ1) is 31.4. The highest BCUT2D eigenvalue weighted by Gasteiger charge is 2.53. The number of halogens is 6. The second kappa shape index (κ2) is 10.9. The lowest BCUT2D eigenvalue weighted by Crippen LogP contribution is -2.72. The molecule has 1 fully saturated rings. The van der Waals surface area contributed by atoms with Crippen molar-refractivity contribution in [3.05, 3.63) is 72.0 Å². The minimum Gasteiger partial charge on any atom is -0.481 e. The molecule has 0 radical (unpaired) electrons. The molecule has 44 heavy (non-hydrogen) atoms. The maximum atomic E-state index is 14.3. The van der Waals surface area contributed by atoms with Crippen molar-refractivity contribution in [3.63, 3.8) is 0 Å². The Balaban J connectivity index is 1.57. The highest BCUT2D eigenvalue weighted by molar-refractivity contribution is 7.92. The van der Waals surface area contributed by atoms with Crippen LogP contribution in [0.5, 0.6) is 11.5 Å². The summed E-state index contributed by atoms with van der Waals surface area (Å²) < 4.78 is 120. The Bertz CT molecular complexity index is 1710. The number of benzene rings is 3. The second-order valence-electron chi connectivity index (χ2n) is 11.4. The number of alkyl halides is 5. The zero-order chi connectivity index (χ0) is 32.2. The first-order valence-electron chi connectivity index (χ1n) is 13.1. The summed E-state index contributed by atoms with van der Waals surface area (Å²) in [6, 6.07) is 10.3. The van der Waals surface area contributed by atoms with Crippen LogP contribution in [-0.4, -0.2) is 62.8 Å². The zero-order valence-corrected chi connectivity index (χ0v) is 24.1. The molecule has 3 aromatic carbocycles. The van der Waals surface area contributed by atoms with Gasteiger partial charge in [-0.2, -0.15) is 22.0 Å². The SMILES string of the molecule is CC(C)(CN1CC2(C1)CN(S(=O)(=O)c1cccc(C(F)(F)F)c1)c1cc(-c3cc(F)cc(OC(F)F)c3)ccc1O2)C(=O)O. The van der Waals surface area contributed by atoms with Crippen LogP contribution in [0.25, 0.3) is 11.1 Å². The maximum absolute atomic E-state index is 14.3. The standard InChI is InChI=1S/C29H26F6N2O6S/c1-27(2,25(38)39)13-36-14-28(15-36)16-37(44(40,41)22-5-3-4-19(11-22)29(33,34)35)23-10-17(6-7-24(23)43-28)18-8-20(30)12-21(9-18)42-26(31)32/h3-12,26H,13-16H2,1-2H3,(H,38,39). The summed E-state index contributed by atoms with van der Waals surface area (Å²) in [6.07, 6.45) is -4.82. The van der Waals surface area contributed by atoms with Gasteiger partial charge in [-0.25, -0.2) is 12.8 Å². The molecule has 0 atom stereocenters. The van der Waals surface area contributed by atoms with E-state index in [2.05, 4.69) is 4.74 Å². The molecule has 8 nitrogen and oxygen atoms in total. The van der Waals surface area contributed by atoms with Gasteiger partial charge in [-0.15, -0.1) is 0 Å². The normalized spacial score (nSPS) is 16.8. The predicted molar refractivity (Wildman–Crippen MR) is 146 cm³/mol. The number of ether oxygens (including phenoxy) is 2. The molecule has 2 heterocycles. The summed E-state index contributed by atoms with van der Waals surface area (Å²) in [5.41, 5.74) is -3.28. The molecular weight excluding hydrogens is 618 g/mol. The number of sulfonamides is 1. The van der Waals surface area contributed by atoms with Gasteiger partial charge in [0.2, 0.25) is 0 Å². The van der Waals surface area contributed by atoms with E-state index in [0.29, 0.717) is 6.07 Å². The Morgan fingerprint density at radius 3 is 2.36 bits per heavy atom. The van der Waals surface area contributed by atoms with E-state index in [-0.39, 0.29) is 48.7 Å². The van der Waals surface area contributed by atoms with Crippen molar-refractivity contribution < 1.29 is 54.1 Å². The van der Waals surface area contributed by atoms with Crippen molar-refractivity contribution in [3.8, 4) is 22.6 Å². The molecule has 2 aliphatic heterocycles. The summed E-state index contributed by atoms with van der Waals surface area (Å²) in [5, 5.41) is 9.50. The van der Waals surface area contributed by atoms with Gasteiger partial charge in [-0.1, -0.05) is 12.1 Å². The molecule has 15 heteroatoms. The van der Waals surface area contributed by atoms with Crippen molar-refractivity contribution in [1.82, 2.24) is 4.90 Å². The Morgan fingerprint density at radius 2 is 1.73 bits per heavy atom. The molecule has 5 rings (SSSR count). The number of aliphatic carboxylic acids is 1. The van der Waals surface area contributed by atoms with Crippen LogP contribution in [-0.2, 0) is 21.0 Å². The third-order valence-corrected chi connectivity index (χ3v) is 9.14. The molecule has 0 saturated carbocycles. The average molecular weight is 645 g/mol. The number of likely N-dealkylation sites (tertiary alicyclic amines) is 1. The van der Waals surface area contributed by atoms with Gasteiger partial charge in [0.25, 0.3) is 10.0 Å². The quantitative estimate of drug-likeness (QED) is 0.307. The van der Waals surface area contributed by atoms with Crippen molar-refractivity contribution >= 4 is 21.7 Å². The van der Waals surface area contributed by atoms with Crippen LogP contribution in [0.3, 0.4) is 0 Å². The number of anilines is 1. The number of nitrogens with zero attached hydrogens (tertiary/aromatic N) is 2. The molecule has 0 aromatic heterocycles. The van der Waals surface area contributed by atoms with E-state index < -0.39 is 61.8 Å². The van der Waals surface area contributed by atoms with Crippen LogP contribution in [0.2, 0.25) is 0 Å². The Hall–Kier alpha value is -3.98. The van der Waals surface area contributed by atoms with Crippen molar-refractivity contribution in [2.45, 2.75) is 37.1 Å². The molecule has 0 amide bonds. The Morgan fingerprint density at radius 1 is 1.02 bits per heavy atom. The number of carbonyl (C=O) groups is 1. The Labute approximate surface area is 248 Å². The molecule has 1 spiro atoms. The van der Waals surface area contributed by atoms with Crippen molar-refractivity contribution in [2.75, 3.05) is 30.5 Å². The predicted octanol–water partition coefficient (Wildman–Crippen LogP) is 5.87. The number of hydrogen-bond acceptors (Lipinski definition) is 6. The van der Waals surface area contributed by atoms with Gasteiger partial charge in [-0.05, 0) is 67.4 Å². The number of rotatable bonds is 8. The lowest BCUT2D eigenvalue weighted by Gasteiger charge is -2.55. The van der Waals surface area contributed by atoms with E-state index in [9.17, 15) is 44.7 Å². The molecule has 1 N–H and O–H groups in total. The molecule has 2 aliphatic rings. The van der Waals surface area contributed by atoms with Crippen LogP contribution in [0.4, 0.5) is 32.0 Å². The second-order valence-corrected chi connectivity index (χ2v) is 13.3. The fraction of sp³-hybridized carbons (Fsp3) is 0.345. The largest absolute Gasteiger partial charge is 0.481 e. The molecule has 0 unspecified atom stereocenters. The molecular formula is C29H26F6N2O6S. The monoisotopic (exact) mass is 644 g/mol. The van der Waals surface area contributed by atoms with E-state index in [0.717, 1.165) is 40.7 Å². The molecule has 236 valence electrons. The van der Waals surface area contributed by atoms with Gasteiger partial charge in [0, 0.05) is 25.7 Å². The van der Waals surface area contributed by atoms with Gasteiger partial charge in [0.15, 0.2) is 5.60 Å². The summed E-state index contributed by atoms with van der Waals surface area (Å²) in [7, 11) is -4.66. The summed E-state index contributed by atoms with van der Waals surface area (Å²) >= 11 is 0. The number of carboxylic acid groups (broad SMARTS) is 1. The smallest absolute Gasteiger partial charge is 0.416 e. The van der Waals surface area contributed by atoms with E-state index >= 15 is 0 Å². The maximum Gasteiger partial charge on any atom is 0.416 e.